The van der Waals surface area contributed by atoms with E-state index in [4.69, 9.17) is 4.74 Å². The third-order valence-electron chi connectivity index (χ3n) is 5.56. The van der Waals surface area contributed by atoms with E-state index in [0.29, 0.717) is 12.1 Å². The first-order valence-electron chi connectivity index (χ1n) is 10.4. The highest BCUT2D eigenvalue weighted by Crippen LogP contribution is 2.36. The van der Waals surface area contributed by atoms with E-state index in [9.17, 15) is 15.2 Å². The van der Waals surface area contributed by atoms with E-state index in [1.54, 1.807) is 6.07 Å². The number of β-amino-alcohol motifs (C(OH)–C–C–N with tert-alkyl or cyclic N) is 1. The van der Waals surface area contributed by atoms with Crippen LogP contribution in [0.4, 0.5) is 5.69 Å². The van der Waals surface area contributed by atoms with Crippen LogP contribution < -0.4 is 0 Å². The summed E-state index contributed by atoms with van der Waals surface area (Å²) in [5.74, 6) is 0. The Morgan fingerprint density at radius 1 is 1.17 bits per heavy atom. The number of aliphatic hydroxyl groups is 1. The second kappa shape index (κ2) is 9.96. The highest BCUT2D eigenvalue weighted by molar-refractivity contribution is 5.76. The van der Waals surface area contributed by atoms with Gasteiger partial charge in [0.05, 0.1) is 29.3 Å². The summed E-state index contributed by atoms with van der Waals surface area (Å²) in [7, 11) is 0. The van der Waals surface area contributed by atoms with Gasteiger partial charge < -0.3 is 14.7 Å². The average Bonchev–Trinajstić information content (AvgIpc) is 3.24. The van der Waals surface area contributed by atoms with Gasteiger partial charge in [0.1, 0.15) is 0 Å². The zero-order valence-electron chi connectivity index (χ0n) is 17.2. The van der Waals surface area contributed by atoms with Gasteiger partial charge in [-0.25, -0.2) is 0 Å². The first-order chi connectivity index (χ1) is 14.0. The molecule has 0 amide bonds. The molecular weight excluding hydrogens is 368 g/mol. The molecular formula is C23H30N2O4. The molecule has 1 N–H and O–H groups in total. The summed E-state index contributed by atoms with van der Waals surface area (Å²) in [6.07, 6.45) is 2.29. The second-order valence-corrected chi connectivity index (χ2v) is 7.69. The summed E-state index contributed by atoms with van der Waals surface area (Å²) in [4.78, 5) is 13.6. The molecule has 2 aromatic carbocycles. The Morgan fingerprint density at radius 2 is 1.90 bits per heavy atom. The Labute approximate surface area is 172 Å². The Kier molecular flexibility index (Phi) is 7.36. The van der Waals surface area contributed by atoms with Gasteiger partial charge >= 0.3 is 0 Å². The maximum Gasteiger partial charge on any atom is 0.277 e. The summed E-state index contributed by atoms with van der Waals surface area (Å²) in [5, 5.41) is 22.0. The minimum atomic E-state index is -0.541. The van der Waals surface area contributed by atoms with E-state index in [0.717, 1.165) is 36.2 Å². The molecule has 1 saturated heterocycles. The minimum Gasteiger partial charge on any atom is -0.389 e. The molecule has 29 heavy (non-hydrogen) atoms. The number of nitro benzene ring substituents is 1. The first kappa shape index (κ1) is 21.4. The summed E-state index contributed by atoms with van der Waals surface area (Å²) < 4.78 is 5.96. The number of nitro groups is 1. The Morgan fingerprint density at radius 3 is 2.59 bits per heavy atom. The van der Waals surface area contributed by atoms with E-state index >= 15 is 0 Å². The molecule has 1 fully saturated rings. The van der Waals surface area contributed by atoms with Gasteiger partial charge in [-0.3, -0.25) is 10.1 Å². The number of likely N-dealkylation sites (tertiary alicyclic amines) is 1. The van der Waals surface area contributed by atoms with Crippen LogP contribution in [0.25, 0.3) is 11.1 Å². The predicted molar refractivity (Wildman–Crippen MR) is 114 cm³/mol. The normalized spacial score (nSPS) is 16.7. The van der Waals surface area contributed by atoms with Crippen molar-refractivity contribution in [3.05, 3.63) is 63.7 Å². The largest absolute Gasteiger partial charge is 0.389 e. The fraction of sp³-hybridized carbons (Fsp3) is 0.478. The SMILES string of the molecule is CCc1ccc(-c2ccccc2C(C)OCC(O)CN2CCCC2)c([N+](=O)[O-])c1. The van der Waals surface area contributed by atoms with Gasteiger partial charge in [-0.05, 0) is 62.0 Å². The minimum absolute atomic E-state index is 0.109. The standard InChI is InChI=1S/C23H30N2O4/c1-3-18-10-11-22(23(14-18)25(27)28)21-9-5-4-8-20(21)17(2)29-16-19(26)15-24-12-6-7-13-24/h4-5,8-11,14,17,19,26H,3,6-7,12-13,15-16H2,1-2H3. The summed E-state index contributed by atoms with van der Waals surface area (Å²) in [5.41, 5.74) is 3.32. The number of benzene rings is 2. The molecule has 1 heterocycles. The van der Waals surface area contributed by atoms with Gasteiger partial charge in [0.2, 0.25) is 0 Å². The van der Waals surface area contributed by atoms with Crippen LogP contribution >= 0.6 is 0 Å². The van der Waals surface area contributed by atoms with Crippen molar-refractivity contribution in [3.63, 3.8) is 0 Å². The van der Waals surface area contributed by atoms with Crippen molar-refractivity contribution in [1.82, 2.24) is 4.90 Å². The summed E-state index contributed by atoms with van der Waals surface area (Å²) in [6, 6.07) is 13.0. The van der Waals surface area contributed by atoms with Crippen LogP contribution in [0.1, 0.15) is 43.9 Å². The van der Waals surface area contributed by atoms with Crippen molar-refractivity contribution in [2.75, 3.05) is 26.2 Å². The van der Waals surface area contributed by atoms with E-state index in [1.165, 1.54) is 12.8 Å². The molecule has 0 bridgehead atoms. The average molecular weight is 399 g/mol. The molecule has 0 aliphatic carbocycles. The summed E-state index contributed by atoms with van der Waals surface area (Å²) >= 11 is 0. The Hall–Kier alpha value is -2.28. The molecule has 2 atom stereocenters. The van der Waals surface area contributed by atoms with Crippen LogP contribution in [-0.4, -0.2) is 47.3 Å². The van der Waals surface area contributed by atoms with Gasteiger partial charge in [-0.1, -0.05) is 37.3 Å². The molecule has 1 aliphatic rings. The molecule has 1 aliphatic heterocycles. The van der Waals surface area contributed by atoms with Crippen LogP contribution in [-0.2, 0) is 11.2 Å². The van der Waals surface area contributed by atoms with Crippen molar-refractivity contribution < 1.29 is 14.8 Å². The fourth-order valence-electron chi connectivity index (χ4n) is 3.93. The lowest BCUT2D eigenvalue weighted by Gasteiger charge is -2.22. The van der Waals surface area contributed by atoms with E-state index in [1.807, 2.05) is 50.2 Å². The van der Waals surface area contributed by atoms with Crippen LogP contribution in [0.2, 0.25) is 0 Å². The molecule has 0 radical (unpaired) electrons. The van der Waals surface area contributed by atoms with Crippen molar-refractivity contribution in [1.29, 1.82) is 0 Å². The van der Waals surface area contributed by atoms with Gasteiger partial charge in [0.15, 0.2) is 0 Å². The second-order valence-electron chi connectivity index (χ2n) is 7.69. The number of hydrogen-bond donors (Lipinski definition) is 1. The van der Waals surface area contributed by atoms with Crippen molar-refractivity contribution in [2.45, 2.75) is 45.3 Å². The molecule has 2 aromatic rings. The lowest BCUT2D eigenvalue weighted by molar-refractivity contribution is -0.384. The zero-order chi connectivity index (χ0) is 20.8. The number of aryl methyl sites for hydroxylation is 1. The topological polar surface area (TPSA) is 75.8 Å². The quantitative estimate of drug-likeness (QED) is 0.502. The molecule has 0 aromatic heterocycles. The van der Waals surface area contributed by atoms with Crippen molar-refractivity contribution in [3.8, 4) is 11.1 Å². The predicted octanol–water partition coefficient (Wildman–Crippen LogP) is 4.36. The smallest absolute Gasteiger partial charge is 0.277 e. The molecule has 6 heteroatoms. The molecule has 3 rings (SSSR count). The lowest BCUT2D eigenvalue weighted by Crippen LogP contribution is -2.33. The Balaban J connectivity index is 1.77. The number of ether oxygens (including phenoxy) is 1. The monoisotopic (exact) mass is 398 g/mol. The summed E-state index contributed by atoms with van der Waals surface area (Å²) in [6.45, 7) is 6.84. The van der Waals surface area contributed by atoms with Crippen LogP contribution in [0.15, 0.2) is 42.5 Å². The molecule has 156 valence electrons. The fourth-order valence-corrected chi connectivity index (χ4v) is 3.93. The third-order valence-corrected chi connectivity index (χ3v) is 5.56. The highest BCUT2D eigenvalue weighted by atomic mass is 16.6. The molecule has 0 spiro atoms. The van der Waals surface area contributed by atoms with Crippen molar-refractivity contribution in [2.24, 2.45) is 0 Å². The van der Waals surface area contributed by atoms with Crippen LogP contribution in [0.3, 0.4) is 0 Å². The van der Waals surface area contributed by atoms with Crippen LogP contribution in [0, 0.1) is 10.1 Å². The number of rotatable bonds is 9. The highest BCUT2D eigenvalue weighted by Gasteiger charge is 2.22. The third kappa shape index (κ3) is 5.41. The van der Waals surface area contributed by atoms with Gasteiger partial charge in [-0.15, -0.1) is 0 Å². The first-order valence-corrected chi connectivity index (χ1v) is 10.4. The van der Waals surface area contributed by atoms with Gasteiger partial charge in [-0.2, -0.15) is 0 Å². The lowest BCUT2D eigenvalue weighted by atomic mass is 9.94. The van der Waals surface area contributed by atoms with Gasteiger partial charge in [0.25, 0.3) is 5.69 Å². The van der Waals surface area contributed by atoms with Crippen LogP contribution in [0.5, 0.6) is 0 Å². The molecule has 2 unspecified atom stereocenters. The van der Waals surface area contributed by atoms with E-state index in [-0.39, 0.29) is 23.3 Å². The van der Waals surface area contributed by atoms with Crippen molar-refractivity contribution >= 4 is 5.69 Å². The number of hydrogen-bond acceptors (Lipinski definition) is 5. The molecule has 6 nitrogen and oxygen atoms in total. The van der Waals surface area contributed by atoms with E-state index in [2.05, 4.69) is 4.90 Å². The number of aliphatic hydroxyl groups excluding tert-OH is 1. The zero-order valence-corrected chi connectivity index (χ0v) is 17.2. The maximum absolute atomic E-state index is 11.7. The number of nitrogens with zero attached hydrogens (tertiary/aromatic N) is 2. The van der Waals surface area contributed by atoms with E-state index < -0.39 is 6.10 Å². The Bertz CT molecular complexity index is 833. The van der Waals surface area contributed by atoms with Gasteiger partial charge in [0, 0.05) is 12.6 Å². The molecule has 0 saturated carbocycles. The maximum atomic E-state index is 11.7.